The minimum atomic E-state index is -5.28. The number of nitriles is 1. The van der Waals surface area contributed by atoms with Gasteiger partial charge in [0.2, 0.25) is 11.8 Å². The van der Waals surface area contributed by atoms with Crippen LogP contribution in [0.15, 0.2) is 48.5 Å². The van der Waals surface area contributed by atoms with Crippen molar-refractivity contribution < 1.29 is 46.4 Å². The Hall–Kier alpha value is -3.65. The molecule has 0 saturated carbocycles. The van der Waals surface area contributed by atoms with Gasteiger partial charge in [0.1, 0.15) is 18.0 Å². The monoisotopic (exact) mass is 916 g/mol. The van der Waals surface area contributed by atoms with Crippen LogP contribution in [0.25, 0.3) is 10.1 Å². The molecule has 0 bridgehead atoms. The van der Waals surface area contributed by atoms with Crippen LogP contribution in [0.1, 0.15) is 105 Å². The zero-order chi connectivity index (χ0) is 44.1. The molecule has 3 aromatic rings. The summed E-state index contributed by atoms with van der Waals surface area (Å²) in [4.78, 5) is 69.6. The second-order valence-electron chi connectivity index (χ2n) is 16.5. The van der Waals surface area contributed by atoms with E-state index in [1.807, 2.05) is 45.9 Å². The Balaban J connectivity index is 1.12. The third kappa shape index (κ3) is 11.1. The van der Waals surface area contributed by atoms with Gasteiger partial charge in [0.25, 0.3) is 5.91 Å². The number of fused-ring (bicyclic) bond motifs is 2. The minimum Gasteiger partial charge on any atom is -0.340 e. The van der Waals surface area contributed by atoms with Gasteiger partial charge < -0.3 is 19.6 Å². The van der Waals surface area contributed by atoms with Gasteiger partial charge in [0.05, 0.1) is 23.1 Å². The first-order chi connectivity index (χ1) is 29.0. The molecule has 4 heterocycles. The van der Waals surface area contributed by atoms with Crippen molar-refractivity contribution in [2.75, 3.05) is 31.4 Å². The fourth-order valence-electron chi connectivity index (χ4n) is 7.87. The molecule has 0 aliphatic carbocycles. The minimum absolute atomic E-state index is 0.0222. The van der Waals surface area contributed by atoms with Crippen LogP contribution in [0.5, 0.6) is 0 Å². The predicted molar refractivity (Wildman–Crippen MR) is 233 cm³/mol. The summed E-state index contributed by atoms with van der Waals surface area (Å²) in [6.07, 6.45) is 3.40. The summed E-state index contributed by atoms with van der Waals surface area (Å²) >= 11 is 2.56. The lowest BCUT2D eigenvalue weighted by Gasteiger charge is -2.42. The number of nitrogens with zero attached hydrogens (tertiary/aromatic N) is 3. The topological polar surface area (TPSA) is 163 Å². The summed E-state index contributed by atoms with van der Waals surface area (Å²) in [5.41, 5.74) is -3.31. The molecule has 0 spiro atoms. The van der Waals surface area contributed by atoms with E-state index < -0.39 is 49.4 Å². The Bertz CT molecular complexity index is 2230. The number of carbonyl (C=O) groups excluding carboxylic acids is 5. The molecule has 0 radical (unpaired) electrons. The highest BCUT2D eigenvalue weighted by molar-refractivity contribution is 8.13. The fourth-order valence-corrected chi connectivity index (χ4v) is 12.3. The van der Waals surface area contributed by atoms with Crippen molar-refractivity contribution in [3.63, 3.8) is 0 Å². The van der Waals surface area contributed by atoms with Gasteiger partial charge >= 0.3 is 13.3 Å². The van der Waals surface area contributed by atoms with Crippen LogP contribution in [-0.2, 0) is 38.5 Å². The molecule has 328 valence electrons. The second-order valence-corrected chi connectivity index (χ2v) is 21.8. The van der Waals surface area contributed by atoms with Crippen LogP contribution in [0.4, 0.5) is 8.78 Å². The van der Waals surface area contributed by atoms with Gasteiger partial charge in [-0.15, -0.1) is 11.3 Å². The number of benzene rings is 2. The maximum atomic E-state index is 16.3. The number of thiophene rings is 1. The summed E-state index contributed by atoms with van der Waals surface area (Å²) in [5, 5.41) is 11.9. The van der Waals surface area contributed by atoms with Crippen LogP contribution in [0.2, 0.25) is 0 Å². The maximum absolute atomic E-state index is 16.3. The standard InChI is InChI=1S/C43H51F2N4O8PS3/c1-26(2)17-38(50)59-16-15-56-58(55,57-25-60-39(51)18-27(3)4)43(44,45)32-11-14-36-30(20-32)21-37(61-36)40(52)47-34-10-6-9-33-12-13-35(49(33)41(34)53)42(54)48-23-31(24-48)29-8-5-7-28(19-29)22-46/h5,7-8,11,14,19-21,26-27,31,33-35H,6,9-10,12-13,15-18,23-25H2,1-4H3,(H,47,52)/t33-,34-,35-,58?/m0/s1. The van der Waals surface area contributed by atoms with Gasteiger partial charge in [-0.05, 0) is 85.2 Å². The normalized spacial score (nSPS) is 20.6. The molecule has 1 unspecified atom stereocenters. The Morgan fingerprint density at radius 1 is 0.967 bits per heavy atom. The molecular formula is C43H51F2N4O8PS3. The summed E-state index contributed by atoms with van der Waals surface area (Å²) in [6.45, 7) is 7.93. The van der Waals surface area contributed by atoms with Crippen molar-refractivity contribution in [2.24, 2.45) is 11.8 Å². The van der Waals surface area contributed by atoms with Crippen molar-refractivity contribution in [3.8, 4) is 6.07 Å². The predicted octanol–water partition coefficient (Wildman–Crippen LogP) is 8.89. The van der Waals surface area contributed by atoms with Crippen molar-refractivity contribution in [1.29, 1.82) is 5.26 Å². The number of amides is 3. The number of likely N-dealkylation sites (tertiary alicyclic amines) is 1. The molecule has 61 heavy (non-hydrogen) atoms. The maximum Gasteiger partial charge on any atom is 0.405 e. The van der Waals surface area contributed by atoms with E-state index in [0.29, 0.717) is 67.2 Å². The quantitative estimate of drug-likeness (QED) is 0.0782. The first-order valence-corrected chi connectivity index (χ1v) is 24.9. The SMILES string of the molecule is CC(C)CC(=O)SCCOP(=O)(OCSC(=O)CC(C)C)C(F)(F)c1ccc2sc(C(=O)N[C@H]3CCC[C@H]4CC[C@@H](C(=O)N5CC(c6cccc(C#N)c6)C5)N4C3=O)cc2c1. The molecule has 3 aliphatic heterocycles. The van der Waals surface area contributed by atoms with E-state index in [1.165, 1.54) is 12.1 Å². The number of nitrogens with one attached hydrogen (secondary N) is 1. The fraction of sp³-hybridized carbons (Fsp3) is 0.535. The highest BCUT2D eigenvalue weighted by atomic mass is 32.2. The number of halogens is 2. The van der Waals surface area contributed by atoms with Crippen LogP contribution in [0, 0.1) is 23.2 Å². The number of thioether (sulfide) groups is 2. The molecule has 3 aliphatic rings. The van der Waals surface area contributed by atoms with Crippen LogP contribution < -0.4 is 5.32 Å². The van der Waals surface area contributed by atoms with Crippen LogP contribution in [0.3, 0.4) is 0 Å². The smallest absolute Gasteiger partial charge is 0.340 e. The van der Waals surface area contributed by atoms with Gasteiger partial charge in [-0.1, -0.05) is 69.4 Å². The molecule has 3 saturated heterocycles. The molecule has 1 N–H and O–H groups in total. The van der Waals surface area contributed by atoms with E-state index in [-0.39, 0.29) is 74.7 Å². The zero-order valence-corrected chi connectivity index (χ0v) is 37.9. The molecule has 3 amide bonds. The highest BCUT2D eigenvalue weighted by Gasteiger charge is 2.55. The van der Waals surface area contributed by atoms with Crippen molar-refractivity contribution in [2.45, 2.75) is 102 Å². The average molecular weight is 917 g/mol. The lowest BCUT2D eigenvalue weighted by molar-refractivity contribution is -0.148. The lowest BCUT2D eigenvalue weighted by atomic mass is 9.90. The first kappa shape index (κ1) is 46.8. The molecule has 4 atom stereocenters. The van der Waals surface area contributed by atoms with Crippen molar-refractivity contribution in [3.05, 3.63) is 70.1 Å². The largest absolute Gasteiger partial charge is 0.405 e. The van der Waals surface area contributed by atoms with E-state index in [9.17, 15) is 33.8 Å². The van der Waals surface area contributed by atoms with Crippen molar-refractivity contribution in [1.82, 2.24) is 15.1 Å². The number of alkyl halides is 2. The van der Waals surface area contributed by atoms with Crippen LogP contribution >= 0.6 is 42.5 Å². The number of hydrogen-bond donors (Lipinski definition) is 1. The Morgan fingerprint density at radius 2 is 1.69 bits per heavy atom. The average Bonchev–Trinajstić information content (AvgIpc) is 3.79. The molecule has 6 rings (SSSR count). The van der Waals surface area contributed by atoms with E-state index in [2.05, 4.69) is 11.4 Å². The summed E-state index contributed by atoms with van der Waals surface area (Å²) in [5.74, 6) is -1.45. The number of carbonyl (C=O) groups is 5. The first-order valence-electron chi connectivity index (χ1n) is 20.5. The summed E-state index contributed by atoms with van der Waals surface area (Å²) < 4.78 is 57.6. The lowest BCUT2D eigenvalue weighted by Crippen LogP contribution is -2.58. The molecule has 18 heteroatoms. The number of hydrogen-bond acceptors (Lipinski definition) is 12. The van der Waals surface area contributed by atoms with E-state index in [0.717, 1.165) is 40.8 Å². The van der Waals surface area contributed by atoms with Crippen molar-refractivity contribution >= 4 is 80.5 Å². The third-order valence-corrected chi connectivity index (χ3v) is 15.8. The Kier molecular flexibility index (Phi) is 15.5. The van der Waals surface area contributed by atoms with E-state index >= 15 is 8.78 Å². The van der Waals surface area contributed by atoms with E-state index in [4.69, 9.17) is 9.05 Å². The van der Waals surface area contributed by atoms with Gasteiger partial charge in [-0.3, -0.25) is 33.1 Å². The van der Waals surface area contributed by atoms with E-state index in [1.54, 1.807) is 15.9 Å². The summed E-state index contributed by atoms with van der Waals surface area (Å²) in [6, 6.07) is 12.9. The molecule has 3 fully saturated rings. The number of rotatable bonds is 17. The Labute approximate surface area is 367 Å². The molecule has 1 aromatic heterocycles. The van der Waals surface area contributed by atoms with Gasteiger partial charge in [-0.25, -0.2) is 0 Å². The van der Waals surface area contributed by atoms with Gasteiger partial charge in [0, 0.05) is 53.9 Å². The zero-order valence-electron chi connectivity index (χ0n) is 34.6. The van der Waals surface area contributed by atoms with Gasteiger partial charge in [0.15, 0.2) is 10.2 Å². The summed E-state index contributed by atoms with van der Waals surface area (Å²) in [7, 11) is -5.28. The molecule has 2 aromatic carbocycles. The highest BCUT2D eigenvalue weighted by Crippen LogP contribution is 2.67. The molecule has 12 nitrogen and oxygen atoms in total. The third-order valence-electron chi connectivity index (χ3n) is 11.0. The Morgan fingerprint density at radius 3 is 2.39 bits per heavy atom. The van der Waals surface area contributed by atoms with Gasteiger partial charge in [-0.2, -0.15) is 14.0 Å². The van der Waals surface area contributed by atoms with Crippen LogP contribution in [-0.4, -0.2) is 87.3 Å². The molecular weight excluding hydrogens is 866 g/mol. The second kappa shape index (κ2) is 20.2.